The van der Waals surface area contributed by atoms with Crippen LogP contribution < -0.4 is 21.3 Å². The third-order valence-electron chi connectivity index (χ3n) is 6.65. The van der Waals surface area contributed by atoms with Gasteiger partial charge in [0.15, 0.2) is 11.5 Å². The van der Waals surface area contributed by atoms with Crippen molar-refractivity contribution in [1.82, 2.24) is 34.4 Å². The summed E-state index contributed by atoms with van der Waals surface area (Å²) in [6, 6.07) is 18.1. The maximum atomic E-state index is 14.3. The molecule has 3 N–H and O–H groups in total. The van der Waals surface area contributed by atoms with Crippen molar-refractivity contribution in [2.24, 2.45) is 0 Å². The fourth-order valence-electron chi connectivity index (χ4n) is 4.81. The van der Waals surface area contributed by atoms with E-state index >= 15 is 0 Å². The summed E-state index contributed by atoms with van der Waals surface area (Å²) in [7, 11) is 1.49. The Labute approximate surface area is 227 Å². The number of rotatable bonds is 6. The van der Waals surface area contributed by atoms with Gasteiger partial charge in [0.1, 0.15) is 5.56 Å². The Balaban J connectivity index is 1.50. The minimum absolute atomic E-state index is 0.0636. The Morgan fingerprint density at radius 1 is 1.02 bits per heavy atom. The Kier molecular flexibility index (Phi) is 6.15. The number of nitrogen functional groups attached to an aromatic ring is 1. The zero-order valence-electron chi connectivity index (χ0n) is 21.6. The number of para-hydroxylation sites is 1. The lowest BCUT2D eigenvalue weighted by atomic mass is 9.99. The van der Waals surface area contributed by atoms with E-state index in [1.54, 1.807) is 35.4 Å². The molecule has 0 saturated heterocycles. The first kappa shape index (κ1) is 24.7. The number of hydrogen-bond acceptors (Lipinski definition) is 8. The van der Waals surface area contributed by atoms with Crippen LogP contribution in [0.25, 0.3) is 33.2 Å². The highest BCUT2D eigenvalue weighted by Crippen LogP contribution is 2.29. The molecule has 11 nitrogen and oxygen atoms in total. The molecule has 4 heterocycles. The lowest BCUT2D eigenvalue weighted by Crippen LogP contribution is -2.32. The molecule has 1 atom stereocenters. The molecule has 11 heteroatoms. The van der Waals surface area contributed by atoms with Gasteiger partial charge in [-0.3, -0.25) is 14.2 Å². The molecule has 1 amide bonds. The highest BCUT2D eigenvalue weighted by molar-refractivity contribution is 6.04. The molecule has 0 saturated carbocycles. The number of nitrogens with one attached hydrogen (secondary N) is 1. The molecule has 0 fully saturated rings. The quantitative estimate of drug-likeness (QED) is 0.332. The maximum Gasteiger partial charge on any atom is 0.316 e. The SMILES string of the molecule is COc1ncc(-c2cccc3cc(C(C)NC(=O)c4c(N)nn5cccnc45)n(-c4ccccc4)c(=O)c23)cn1. The van der Waals surface area contributed by atoms with Crippen molar-refractivity contribution < 1.29 is 9.53 Å². The van der Waals surface area contributed by atoms with E-state index in [9.17, 15) is 9.59 Å². The topological polar surface area (TPSA) is 142 Å². The summed E-state index contributed by atoms with van der Waals surface area (Å²) < 4.78 is 8.15. The molecule has 1 unspecified atom stereocenters. The van der Waals surface area contributed by atoms with Crippen LogP contribution in [-0.2, 0) is 0 Å². The predicted molar refractivity (Wildman–Crippen MR) is 150 cm³/mol. The van der Waals surface area contributed by atoms with Crippen LogP contribution in [0.2, 0.25) is 0 Å². The number of methoxy groups -OCH3 is 1. The van der Waals surface area contributed by atoms with Crippen LogP contribution in [0.1, 0.15) is 29.0 Å². The second-order valence-corrected chi connectivity index (χ2v) is 9.12. The Morgan fingerprint density at radius 2 is 1.80 bits per heavy atom. The molecule has 0 aliphatic rings. The van der Waals surface area contributed by atoms with E-state index in [2.05, 4.69) is 25.4 Å². The Hall–Kier alpha value is -5.58. The van der Waals surface area contributed by atoms with Gasteiger partial charge in [0, 0.05) is 41.7 Å². The van der Waals surface area contributed by atoms with Gasteiger partial charge in [0.25, 0.3) is 11.5 Å². The third kappa shape index (κ3) is 4.19. The van der Waals surface area contributed by atoms with Crippen LogP contribution in [0.5, 0.6) is 6.01 Å². The van der Waals surface area contributed by atoms with Gasteiger partial charge in [0.05, 0.1) is 18.5 Å². The van der Waals surface area contributed by atoms with Crippen molar-refractivity contribution in [3.8, 4) is 22.8 Å². The summed E-state index contributed by atoms with van der Waals surface area (Å²) in [5.41, 5.74) is 8.94. The lowest BCUT2D eigenvalue weighted by molar-refractivity contribution is 0.0941. The summed E-state index contributed by atoms with van der Waals surface area (Å²) in [5, 5.41) is 8.37. The Bertz CT molecular complexity index is 1930. The van der Waals surface area contributed by atoms with Crippen LogP contribution in [0, 0.1) is 0 Å². The van der Waals surface area contributed by atoms with Crippen molar-refractivity contribution in [2.45, 2.75) is 13.0 Å². The van der Waals surface area contributed by atoms with E-state index in [1.165, 1.54) is 11.6 Å². The normalized spacial score (nSPS) is 11.9. The molecule has 6 rings (SSSR count). The molecular weight excluding hydrogens is 508 g/mol. The fourth-order valence-corrected chi connectivity index (χ4v) is 4.81. The van der Waals surface area contributed by atoms with E-state index in [1.807, 2.05) is 61.5 Å². The van der Waals surface area contributed by atoms with Gasteiger partial charge in [-0.1, -0.05) is 36.4 Å². The van der Waals surface area contributed by atoms with E-state index in [0.717, 1.165) is 0 Å². The molecule has 4 aromatic heterocycles. The van der Waals surface area contributed by atoms with Gasteiger partial charge in [-0.2, -0.15) is 0 Å². The van der Waals surface area contributed by atoms with Gasteiger partial charge in [-0.05, 0) is 42.1 Å². The minimum Gasteiger partial charge on any atom is -0.467 e. The van der Waals surface area contributed by atoms with Crippen molar-refractivity contribution in [3.63, 3.8) is 0 Å². The van der Waals surface area contributed by atoms with Crippen LogP contribution >= 0.6 is 0 Å². The number of nitrogens with zero attached hydrogens (tertiary/aromatic N) is 6. The van der Waals surface area contributed by atoms with Gasteiger partial charge < -0.3 is 15.8 Å². The van der Waals surface area contributed by atoms with E-state index in [0.29, 0.717) is 38.9 Å². The monoisotopic (exact) mass is 532 g/mol. The fraction of sp³-hybridized carbons (Fsp3) is 0.103. The minimum atomic E-state index is -0.587. The molecule has 40 heavy (non-hydrogen) atoms. The number of hydrogen-bond donors (Lipinski definition) is 2. The van der Waals surface area contributed by atoms with Crippen LogP contribution in [-0.4, -0.2) is 42.2 Å². The van der Waals surface area contributed by atoms with Crippen molar-refractivity contribution in [2.75, 3.05) is 12.8 Å². The van der Waals surface area contributed by atoms with Crippen LogP contribution in [0.15, 0.2) is 90.2 Å². The first-order chi connectivity index (χ1) is 19.5. The molecule has 0 radical (unpaired) electrons. The summed E-state index contributed by atoms with van der Waals surface area (Å²) >= 11 is 0. The van der Waals surface area contributed by atoms with Gasteiger partial charge in [0.2, 0.25) is 0 Å². The van der Waals surface area contributed by atoms with Crippen molar-refractivity contribution >= 4 is 28.1 Å². The number of amides is 1. The number of ether oxygens (including phenoxy) is 1. The number of benzene rings is 2. The number of fused-ring (bicyclic) bond motifs is 2. The largest absolute Gasteiger partial charge is 0.467 e. The van der Waals surface area contributed by atoms with Crippen molar-refractivity contribution in [3.05, 3.63) is 107 Å². The highest BCUT2D eigenvalue weighted by atomic mass is 16.5. The molecule has 0 bridgehead atoms. The van der Waals surface area contributed by atoms with Gasteiger partial charge in [-0.15, -0.1) is 5.10 Å². The average molecular weight is 533 g/mol. The number of pyridine rings is 1. The number of nitrogens with two attached hydrogens (primary N) is 1. The summed E-state index contributed by atoms with van der Waals surface area (Å²) in [6.45, 7) is 1.81. The lowest BCUT2D eigenvalue weighted by Gasteiger charge is -2.21. The molecular formula is C29H24N8O3. The summed E-state index contributed by atoms with van der Waals surface area (Å²) in [6.07, 6.45) is 6.48. The maximum absolute atomic E-state index is 14.3. The van der Waals surface area contributed by atoms with E-state index in [-0.39, 0.29) is 23.0 Å². The first-order valence-electron chi connectivity index (χ1n) is 12.5. The number of carbonyl (C=O) groups excluding carboxylic acids is 1. The Morgan fingerprint density at radius 3 is 2.55 bits per heavy atom. The third-order valence-corrected chi connectivity index (χ3v) is 6.65. The van der Waals surface area contributed by atoms with E-state index < -0.39 is 11.9 Å². The second-order valence-electron chi connectivity index (χ2n) is 9.12. The number of aromatic nitrogens is 6. The van der Waals surface area contributed by atoms with Crippen LogP contribution in [0.3, 0.4) is 0 Å². The zero-order valence-corrected chi connectivity index (χ0v) is 21.6. The predicted octanol–water partition coefficient (Wildman–Crippen LogP) is 3.57. The summed E-state index contributed by atoms with van der Waals surface area (Å²) in [5.74, 6) is -0.385. The van der Waals surface area contributed by atoms with E-state index in [4.69, 9.17) is 10.5 Å². The van der Waals surface area contributed by atoms with Crippen molar-refractivity contribution in [1.29, 1.82) is 0 Å². The summed E-state index contributed by atoms with van der Waals surface area (Å²) in [4.78, 5) is 40.4. The number of anilines is 1. The zero-order chi connectivity index (χ0) is 27.8. The standard InChI is InChI=1S/C29H24N8O3/c1-17(34-27(38)24-25(30)35-36-13-7-12-31-26(24)36)22-14-18-8-6-11-21(19-15-32-29(40-2)33-16-19)23(18)28(39)37(22)20-9-4-3-5-10-20/h3-17H,1-2H3,(H2,30,35)(H,34,38). The average Bonchev–Trinajstić information content (AvgIpc) is 3.33. The highest BCUT2D eigenvalue weighted by Gasteiger charge is 2.24. The molecule has 0 aliphatic heterocycles. The number of carbonyl (C=O) groups is 1. The second kappa shape index (κ2) is 9.95. The first-order valence-corrected chi connectivity index (χ1v) is 12.5. The molecule has 2 aromatic carbocycles. The van der Waals surface area contributed by atoms with Crippen LogP contribution in [0.4, 0.5) is 5.82 Å². The van der Waals surface area contributed by atoms with Gasteiger partial charge >= 0.3 is 6.01 Å². The molecule has 0 aliphatic carbocycles. The molecule has 6 aromatic rings. The molecule has 0 spiro atoms. The smallest absolute Gasteiger partial charge is 0.316 e. The molecule has 198 valence electrons. The van der Waals surface area contributed by atoms with Gasteiger partial charge in [-0.25, -0.2) is 19.5 Å².